The zero-order valence-corrected chi connectivity index (χ0v) is 19.0. The van der Waals surface area contributed by atoms with Crippen molar-refractivity contribution in [3.05, 3.63) is 46.2 Å². The molecule has 1 unspecified atom stereocenters. The maximum atomic E-state index is 4.70. The van der Waals surface area contributed by atoms with Crippen LogP contribution < -0.4 is 5.43 Å². The van der Waals surface area contributed by atoms with Gasteiger partial charge in [0.25, 0.3) is 0 Å². The van der Waals surface area contributed by atoms with Crippen molar-refractivity contribution in [1.29, 1.82) is 0 Å². The summed E-state index contributed by atoms with van der Waals surface area (Å²) in [5, 5.41) is 5.30. The van der Waals surface area contributed by atoms with Gasteiger partial charge in [-0.25, -0.2) is 14.6 Å². The van der Waals surface area contributed by atoms with Crippen molar-refractivity contribution >= 4 is 22.7 Å². The quantitative estimate of drug-likeness (QED) is 0.473. The predicted octanol–water partition coefficient (Wildman–Crippen LogP) is 6.58. The molecule has 27 heavy (non-hydrogen) atoms. The predicted molar refractivity (Wildman–Crippen MR) is 120 cm³/mol. The van der Waals surface area contributed by atoms with Crippen molar-refractivity contribution in [3.63, 3.8) is 0 Å². The molecule has 3 aromatic heterocycles. The van der Waals surface area contributed by atoms with Gasteiger partial charge in [-0.15, -0.1) is 22.7 Å². The molecule has 0 saturated heterocycles. The third-order valence-electron chi connectivity index (χ3n) is 4.13. The van der Waals surface area contributed by atoms with Crippen LogP contribution in [0.5, 0.6) is 0 Å². The number of aromatic nitrogens is 3. The highest BCUT2D eigenvalue weighted by atomic mass is 32.1. The average molecular weight is 403 g/mol. The van der Waals surface area contributed by atoms with Gasteiger partial charge >= 0.3 is 0 Å². The van der Waals surface area contributed by atoms with Gasteiger partial charge in [0.1, 0.15) is 16.5 Å². The van der Waals surface area contributed by atoms with E-state index in [1.165, 1.54) is 16.0 Å². The first kappa shape index (κ1) is 21.4. The Balaban J connectivity index is 0.00000126. The van der Waals surface area contributed by atoms with Gasteiger partial charge in [-0.1, -0.05) is 32.9 Å². The number of nitrogens with zero attached hydrogens (tertiary/aromatic N) is 3. The lowest BCUT2D eigenvalue weighted by Gasteiger charge is -2.17. The number of allylic oxidation sites excluding steroid dienone is 1. The number of aryl methyl sites for hydroxylation is 2. The van der Waals surface area contributed by atoms with Crippen LogP contribution in [-0.2, 0) is 0 Å². The van der Waals surface area contributed by atoms with Gasteiger partial charge < -0.3 is 5.43 Å². The zero-order valence-electron chi connectivity index (χ0n) is 17.3. The Bertz CT molecular complexity index is 873. The number of hydrogen-bond donors (Lipinski definition) is 1. The summed E-state index contributed by atoms with van der Waals surface area (Å²) in [6.07, 6.45) is 7.29. The van der Waals surface area contributed by atoms with E-state index in [1.807, 2.05) is 32.3 Å². The lowest BCUT2D eigenvalue weighted by Crippen LogP contribution is -2.25. The highest BCUT2D eigenvalue weighted by Crippen LogP contribution is 2.39. The van der Waals surface area contributed by atoms with E-state index < -0.39 is 0 Å². The lowest BCUT2D eigenvalue weighted by molar-refractivity contribution is 0.761. The van der Waals surface area contributed by atoms with Crippen LogP contribution in [0.2, 0.25) is 0 Å². The van der Waals surface area contributed by atoms with Crippen molar-refractivity contribution in [1.82, 2.24) is 14.6 Å². The molecule has 4 nitrogen and oxygen atoms in total. The number of nitrogens with one attached hydrogen (secondary N) is 1. The van der Waals surface area contributed by atoms with E-state index >= 15 is 0 Å². The Hall–Kier alpha value is -1.92. The molecule has 0 spiro atoms. The fourth-order valence-corrected chi connectivity index (χ4v) is 4.84. The molecule has 0 aliphatic heterocycles. The smallest absolute Gasteiger partial charge is 0.125 e. The van der Waals surface area contributed by atoms with Crippen LogP contribution >= 0.6 is 22.7 Å². The van der Waals surface area contributed by atoms with E-state index in [1.54, 1.807) is 22.7 Å². The topological polar surface area (TPSA) is 42.7 Å². The van der Waals surface area contributed by atoms with Crippen LogP contribution in [0.25, 0.3) is 21.1 Å². The number of imidazole rings is 1. The summed E-state index contributed by atoms with van der Waals surface area (Å²) in [7, 11) is 0. The molecule has 146 valence electrons. The maximum absolute atomic E-state index is 4.70. The molecule has 0 amide bonds. The van der Waals surface area contributed by atoms with Gasteiger partial charge in [-0.05, 0) is 39.7 Å². The van der Waals surface area contributed by atoms with E-state index in [-0.39, 0.29) is 6.04 Å². The minimum atomic E-state index is 0.240. The number of thiophene rings is 1. The third kappa shape index (κ3) is 4.68. The molecular formula is C21H30N4S2. The minimum absolute atomic E-state index is 0.240. The highest BCUT2D eigenvalue weighted by Gasteiger charge is 2.20. The summed E-state index contributed by atoms with van der Waals surface area (Å²) in [6, 6.07) is 0.240. The number of hydrogen-bond acceptors (Lipinski definition) is 5. The van der Waals surface area contributed by atoms with Crippen LogP contribution in [0.1, 0.15) is 51.2 Å². The fourth-order valence-electron chi connectivity index (χ4n) is 2.90. The molecule has 3 rings (SSSR count). The largest absolute Gasteiger partial charge is 0.317 e. The van der Waals surface area contributed by atoms with E-state index in [2.05, 4.69) is 60.3 Å². The first-order chi connectivity index (χ1) is 13.0. The molecule has 0 aromatic carbocycles. The molecule has 0 bridgehead atoms. The Morgan fingerprint density at radius 1 is 1.22 bits per heavy atom. The van der Waals surface area contributed by atoms with Crippen LogP contribution in [0.4, 0.5) is 0 Å². The summed E-state index contributed by atoms with van der Waals surface area (Å²) < 4.78 is 2.13. The molecule has 0 fully saturated rings. The van der Waals surface area contributed by atoms with Crippen LogP contribution in [-0.4, -0.2) is 20.7 Å². The molecule has 1 N–H and O–H groups in total. The molecule has 0 aliphatic rings. The van der Waals surface area contributed by atoms with Gasteiger partial charge in [0.05, 0.1) is 16.6 Å². The summed E-state index contributed by atoms with van der Waals surface area (Å²) in [6.45, 7) is 14.6. The van der Waals surface area contributed by atoms with Gasteiger partial charge in [-0.2, -0.15) is 0 Å². The Labute approximate surface area is 171 Å². The van der Waals surface area contributed by atoms with E-state index in [0.717, 1.165) is 28.6 Å². The average Bonchev–Trinajstić information content (AvgIpc) is 3.36. The van der Waals surface area contributed by atoms with E-state index in [0.29, 0.717) is 0 Å². The van der Waals surface area contributed by atoms with Crippen molar-refractivity contribution in [2.75, 3.05) is 5.43 Å². The second kappa shape index (κ2) is 9.85. The molecule has 0 saturated carbocycles. The Kier molecular flexibility index (Phi) is 7.80. The van der Waals surface area contributed by atoms with Crippen molar-refractivity contribution in [2.45, 2.75) is 60.9 Å². The first-order valence-corrected chi connectivity index (χ1v) is 11.3. The third-order valence-corrected chi connectivity index (χ3v) is 6.02. The monoisotopic (exact) mass is 402 g/mol. The summed E-state index contributed by atoms with van der Waals surface area (Å²) in [4.78, 5) is 10.4. The van der Waals surface area contributed by atoms with Crippen LogP contribution in [0.15, 0.2) is 29.1 Å². The Morgan fingerprint density at radius 2 is 1.96 bits per heavy atom. The lowest BCUT2D eigenvalue weighted by atomic mass is 10.1. The number of rotatable bonds is 6. The molecule has 6 heteroatoms. The van der Waals surface area contributed by atoms with Crippen LogP contribution in [0, 0.1) is 20.8 Å². The highest BCUT2D eigenvalue weighted by molar-refractivity contribution is 7.16. The van der Waals surface area contributed by atoms with E-state index in [4.69, 9.17) is 4.98 Å². The van der Waals surface area contributed by atoms with E-state index in [9.17, 15) is 0 Å². The van der Waals surface area contributed by atoms with Gasteiger partial charge in [-0.3, -0.25) is 0 Å². The van der Waals surface area contributed by atoms with Gasteiger partial charge in [0.2, 0.25) is 0 Å². The Morgan fingerprint density at radius 3 is 2.59 bits per heavy atom. The maximum Gasteiger partial charge on any atom is 0.125 e. The molecular weight excluding hydrogens is 372 g/mol. The first-order valence-electron chi connectivity index (χ1n) is 9.50. The molecule has 0 aliphatic carbocycles. The molecule has 0 radical (unpaired) electrons. The standard InChI is InChI=1S/C19H24N4S2.C2H6/c1-6-7-8-12(2)22-23-15(5)21-14(4)17(23)18-13(3)16(11-25-18)19-20-9-10-24-19;1-2/h7-12,22H,6H2,1-5H3;1-2H3/b8-7+;. The minimum Gasteiger partial charge on any atom is -0.317 e. The molecule has 1 atom stereocenters. The number of thiazole rings is 1. The van der Waals surface area contributed by atoms with Gasteiger partial charge in [0, 0.05) is 22.5 Å². The SMILES string of the molecule is CC.CC/C=C/C(C)Nn1c(C)nc(C)c1-c1scc(-c2nccs2)c1C. The fraction of sp³-hybridized carbons (Fsp3) is 0.429. The second-order valence-electron chi connectivity index (χ2n) is 6.12. The second-order valence-corrected chi connectivity index (χ2v) is 7.90. The van der Waals surface area contributed by atoms with Gasteiger partial charge in [0.15, 0.2) is 0 Å². The summed E-state index contributed by atoms with van der Waals surface area (Å²) in [5.41, 5.74) is 8.25. The summed E-state index contributed by atoms with van der Waals surface area (Å²) in [5.74, 6) is 0.979. The van der Waals surface area contributed by atoms with Crippen molar-refractivity contribution < 1.29 is 0 Å². The van der Waals surface area contributed by atoms with Crippen LogP contribution in [0.3, 0.4) is 0 Å². The van der Waals surface area contributed by atoms with Crippen molar-refractivity contribution in [2.24, 2.45) is 0 Å². The normalized spacial score (nSPS) is 12.1. The van der Waals surface area contributed by atoms with Crippen molar-refractivity contribution in [3.8, 4) is 21.1 Å². The molecule has 3 heterocycles. The molecule has 3 aromatic rings. The summed E-state index contributed by atoms with van der Waals surface area (Å²) >= 11 is 3.44. The zero-order chi connectivity index (χ0) is 20.0.